The Morgan fingerprint density at radius 3 is 1.75 bits per heavy atom. The first kappa shape index (κ1) is 24.9. The molecule has 1 aliphatic rings. The molecule has 0 spiro atoms. The number of hydrogen-bond acceptors (Lipinski definition) is 5. The lowest BCUT2D eigenvalue weighted by Gasteiger charge is -2.40. The van der Waals surface area contributed by atoms with E-state index in [1.165, 1.54) is 0 Å². The molecule has 5 heteroatoms. The van der Waals surface area contributed by atoms with Crippen LogP contribution in [0.3, 0.4) is 0 Å². The van der Waals surface area contributed by atoms with E-state index in [1.807, 2.05) is 121 Å². The number of anilines is 1. The third-order valence-electron chi connectivity index (χ3n) is 6.79. The third-order valence-corrected chi connectivity index (χ3v) is 6.79. The number of esters is 1. The summed E-state index contributed by atoms with van der Waals surface area (Å²) in [5.41, 5.74) is 3.95. The Morgan fingerprint density at radius 1 is 0.650 bits per heavy atom. The maximum atomic E-state index is 13.2. The van der Waals surface area contributed by atoms with Crippen molar-refractivity contribution in [3.63, 3.8) is 0 Å². The number of benzene rings is 5. The second kappa shape index (κ2) is 10.8. The lowest BCUT2D eigenvalue weighted by atomic mass is 9.78. The monoisotopic (exact) mass is 522 g/mol. The molecule has 0 aromatic heterocycles. The van der Waals surface area contributed by atoms with Gasteiger partial charge in [0, 0.05) is 5.56 Å². The molecule has 1 heterocycles. The topological polar surface area (TPSA) is 51.1 Å². The van der Waals surface area contributed by atoms with Gasteiger partial charge in [-0.2, -0.15) is 5.06 Å². The smallest absolute Gasteiger partial charge is 0.381 e. The van der Waals surface area contributed by atoms with Crippen molar-refractivity contribution in [1.29, 1.82) is 0 Å². The predicted molar refractivity (Wildman–Crippen MR) is 158 cm³/mol. The van der Waals surface area contributed by atoms with E-state index in [0.717, 1.165) is 33.8 Å². The lowest BCUT2D eigenvalue weighted by Crippen LogP contribution is -2.49. The Balaban J connectivity index is 1.56. The van der Waals surface area contributed by atoms with Gasteiger partial charge in [-0.05, 0) is 48.0 Å². The zero-order valence-corrected chi connectivity index (χ0v) is 21.7. The molecule has 0 bridgehead atoms. The summed E-state index contributed by atoms with van der Waals surface area (Å²) < 4.78 is 5.56. The minimum absolute atomic E-state index is 0.157. The highest BCUT2D eigenvalue weighted by atomic mass is 16.7. The van der Waals surface area contributed by atoms with E-state index in [1.54, 1.807) is 29.3 Å². The number of ether oxygens (including phenoxy) is 1. The van der Waals surface area contributed by atoms with E-state index in [-0.39, 0.29) is 5.76 Å². The number of para-hydroxylation sites is 3. The standard InChI is InChI=1S/C35H26N2O3/c1-26(34(38)39-30-22-12-5-13-23-30)40-37-32-25-15-14-24-31(32)33(36-29-20-10-4-11-21-29)35(37,27-16-6-2-7-17-27)28-18-8-3-9-19-28/h2-25H,1H2/b36-33-. The summed E-state index contributed by atoms with van der Waals surface area (Å²) in [5, 5.41) is 1.74. The number of fused-ring (bicyclic) bond motifs is 1. The van der Waals surface area contributed by atoms with Gasteiger partial charge < -0.3 is 9.57 Å². The molecular formula is C35H26N2O3. The fourth-order valence-corrected chi connectivity index (χ4v) is 5.05. The van der Waals surface area contributed by atoms with E-state index < -0.39 is 11.5 Å². The lowest BCUT2D eigenvalue weighted by molar-refractivity contribution is -0.134. The second-order valence-electron chi connectivity index (χ2n) is 9.27. The molecule has 0 N–H and O–H groups in total. The fraction of sp³-hybridized carbons (Fsp3) is 0.0286. The number of nitrogens with zero attached hydrogens (tertiary/aromatic N) is 2. The molecular weight excluding hydrogens is 496 g/mol. The number of rotatable bonds is 7. The predicted octanol–water partition coefficient (Wildman–Crippen LogP) is 7.62. The van der Waals surface area contributed by atoms with Crippen LogP contribution < -0.4 is 9.80 Å². The van der Waals surface area contributed by atoms with Gasteiger partial charge in [-0.3, -0.25) is 0 Å². The molecule has 194 valence electrons. The Bertz CT molecular complexity index is 1630. The summed E-state index contributed by atoms with van der Waals surface area (Å²) in [6.07, 6.45) is 0. The molecule has 0 unspecified atom stereocenters. The highest BCUT2D eigenvalue weighted by Crippen LogP contribution is 2.50. The number of carbonyl (C=O) groups is 1. The summed E-state index contributed by atoms with van der Waals surface area (Å²) in [6.45, 7) is 3.97. The molecule has 0 atom stereocenters. The Labute approximate surface area is 233 Å². The van der Waals surface area contributed by atoms with Gasteiger partial charge in [-0.15, -0.1) is 0 Å². The van der Waals surface area contributed by atoms with E-state index in [9.17, 15) is 4.79 Å². The molecule has 5 aromatic rings. The van der Waals surface area contributed by atoms with Gasteiger partial charge in [0.25, 0.3) is 0 Å². The Hall–Kier alpha value is -5.42. The van der Waals surface area contributed by atoms with E-state index in [0.29, 0.717) is 5.75 Å². The highest BCUT2D eigenvalue weighted by molar-refractivity contribution is 6.20. The van der Waals surface area contributed by atoms with Crippen LogP contribution in [0.5, 0.6) is 5.75 Å². The van der Waals surface area contributed by atoms with Gasteiger partial charge in [0.2, 0.25) is 5.76 Å². The maximum absolute atomic E-state index is 13.2. The van der Waals surface area contributed by atoms with E-state index in [2.05, 4.69) is 6.58 Å². The molecule has 1 aliphatic heterocycles. The molecule has 0 aliphatic carbocycles. The molecule has 40 heavy (non-hydrogen) atoms. The summed E-state index contributed by atoms with van der Waals surface area (Å²) in [5.74, 6) is -0.439. The average Bonchev–Trinajstić information content (AvgIpc) is 3.28. The van der Waals surface area contributed by atoms with Crippen LogP contribution in [-0.4, -0.2) is 11.7 Å². The number of aliphatic imine (C=N–C) groups is 1. The van der Waals surface area contributed by atoms with Crippen LogP contribution in [0, 0.1) is 0 Å². The fourth-order valence-electron chi connectivity index (χ4n) is 5.05. The minimum Gasteiger partial charge on any atom is -0.421 e. The Morgan fingerprint density at radius 2 is 1.15 bits per heavy atom. The molecule has 5 nitrogen and oxygen atoms in total. The quantitative estimate of drug-likeness (QED) is 0.0955. The Kier molecular flexibility index (Phi) is 6.69. The van der Waals surface area contributed by atoms with Gasteiger partial charge in [-0.1, -0.05) is 115 Å². The van der Waals surface area contributed by atoms with Crippen molar-refractivity contribution in [2.75, 3.05) is 5.06 Å². The van der Waals surface area contributed by atoms with Crippen molar-refractivity contribution in [2.24, 2.45) is 4.99 Å². The molecule has 0 amide bonds. The van der Waals surface area contributed by atoms with Crippen LogP contribution in [0.2, 0.25) is 0 Å². The van der Waals surface area contributed by atoms with E-state index in [4.69, 9.17) is 14.6 Å². The van der Waals surface area contributed by atoms with Crippen LogP contribution in [0.4, 0.5) is 11.4 Å². The number of carbonyl (C=O) groups excluding carboxylic acids is 1. The zero-order chi connectivity index (χ0) is 27.4. The normalized spacial score (nSPS) is 14.4. The molecule has 0 fully saturated rings. The van der Waals surface area contributed by atoms with Crippen molar-refractivity contribution in [3.8, 4) is 5.75 Å². The SMILES string of the molecule is C=C(ON1c2ccccc2/C(=N/c2ccccc2)C1(c1ccccc1)c1ccccc1)C(=O)Oc1ccccc1. The van der Waals surface area contributed by atoms with Gasteiger partial charge in [-0.25, -0.2) is 9.79 Å². The van der Waals surface area contributed by atoms with Crippen LogP contribution in [-0.2, 0) is 15.2 Å². The molecule has 5 aromatic carbocycles. The summed E-state index contributed by atoms with van der Waals surface area (Å²) in [7, 11) is 0. The first-order chi connectivity index (χ1) is 19.7. The maximum Gasteiger partial charge on any atom is 0.381 e. The minimum atomic E-state index is -1.06. The first-order valence-electron chi connectivity index (χ1n) is 13.0. The molecule has 0 radical (unpaired) electrons. The zero-order valence-electron chi connectivity index (χ0n) is 21.7. The number of hydrogen-bond donors (Lipinski definition) is 0. The summed E-state index contributed by atoms with van der Waals surface area (Å²) in [6, 6.07) is 46.6. The van der Waals surface area contributed by atoms with Gasteiger partial charge in [0.1, 0.15) is 5.75 Å². The van der Waals surface area contributed by atoms with Gasteiger partial charge in [0.15, 0.2) is 5.54 Å². The van der Waals surface area contributed by atoms with Crippen molar-refractivity contribution >= 4 is 23.1 Å². The summed E-state index contributed by atoms with van der Waals surface area (Å²) >= 11 is 0. The first-order valence-corrected chi connectivity index (χ1v) is 13.0. The summed E-state index contributed by atoms with van der Waals surface area (Å²) in [4.78, 5) is 24.8. The van der Waals surface area contributed by atoms with Crippen LogP contribution in [0.1, 0.15) is 16.7 Å². The number of hydroxylamine groups is 1. The molecule has 6 rings (SSSR count). The molecule has 0 saturated carbocycles. The van der Waals surface area contributed by atoms with Crippen molar-refractivity contribution in [3.05, 3.63) is 175 Å². The van der Waals surface area contributed by atoms with E-state index >= 15 is 0 Å². The van der Waals surface area contributed by atoms with Crippen molar-refractivity contribution in [1.82, 2.24) is 0 Å². The third kappa shape index (κ3) is 4.44. The van der Waals surface area contributed by atoms with Gasteiger partial charge >= 0.3 is 5.97 Å². The molecule has 0 saturated heterocycles. The highest BCUT2D eigenvalue weighted by Gasteiger charge is 2.54. The van der Waals surface area contributed by atoms with Crippen LogP contribution in [0.25, 0.3) is 0 Å². The van der Waals surface area contributed by atoms with Gasteiger partial charge in [0.05, 0.1) is 17.1 Å². The van der Waals surface area contributed by atoms with Crippen molar-refractivity contribution < 1.29 is 14.4 Å². The second-order valence-corrected chi connectivity index (χ2v) is 9.27. The van der Waals surface area contributed by atoms with Crippen LogP contribution in [0.15, 0.2) is 163 Å². The van der Waals surface area contributed by atoms with Crippen LogP contribution >= 0.6 is 0 Å². The largest absolute Gasteiger partial charge is 0.421 e. The van der Waals surface area contributed by atoms with Crippen molar-refractivity contribution in [2.45, 2.75) is 5.54 Å². The average molecular weight is 523 g/mol.